The van der Waals surface area contributed by atoms with Gasteiger partial charge < -0.3 is 19.9 Å². The molecule has 5 rings (SSSR count). The molecule has 1 atom stereocenters. The van der Waals surface area contributed by atoms with Gasteiger partial charge in [0.05, 0.1) is 7.11 Å². The summed E-state index contributed by atoms with van der Waals surface area (Å²) in [4.78, 5) is 12.9. The molecule has 0 aliphatic carbocycles. The summed E-state index contributed by atoms with van der Waals surface area (Å²) in [7, 11) is 1.63. The Bertz CT molecular complexity index is 1070. The molecule has 3 heterocycles. The van der Waals surface area contributed by atoms with Crippen molar-refractivity contribution in [3.05, 3.63) is 66.2 Å². The molecule has 2 N–H and O–H groups in total. The van der Waals surface area contributed by atoms with E-state index >= 15 is 0 Å². The van der Waals surface area contributed by atoms with Crippen LogP contribution in [0.3, 0.4) is 0 Å². The van der Waals surface area contributed by atoms with E-state index in [1.165, 1.54) is 6.33 Å². The maximum absolute atomic E-state index is 6.14. The van der Waals surface area contributed by atoms with Crippen LogP contribution >= 0.6 is 0 Å². The number of fused-ring (bicyclic) bond motifs is 4. The zero-order chi connectivity index (χ0) is 18.4. The van der Waals surface area contributed by atoms with Gasteiger partial charge in [0.15, 0.2) is 5.54 Å². The minimum absolute atomic E-state index is 0.157. The first-order valence-corrected chi connectivity index (χ1v) is 8.44. The number of amidine groups is 1. The normalized spacial score (nSPS) is 19.5. The van der Waals surface area contributed by atoms with E-state index in [9.17, 15) is 0 Å². The van der Waals surface area contributed by atoms with Gasteiger partial charge in [0, 0.05) is 29.1 Å². The fraction of sp³-hybridized carbons (Fsp3) is 0.150. The molecule has 2 aliphatic heterocycles. The van der Waals surface area contributed by atoms with Gasteiger partial charge in [0.1, 0.15) is 30.2 Å². The third kappa shape index (κ3) is 2.32. The predicted octanol–water partition coefficient (Wildman–Crippen LogP) is 2.85. The Morgan fingerprint density at radius 2 is 1.74 bits per heavy atom. The van der Waals surface area contributed by atoms with Gasteiger partial charge in [-0.25, -0.2) is 15.0 Å². The lowest BCUT2D eigenvalue weighted by molar-refractivity contribution is 0.264. The number of nitrogens with zero attached hydrogens (tertiary/aromatic N) is 3. The highest BCUT2D eigenvalue weighted by atomic mass is 16.5. The molecule has 0 unspecified atom stereocenters. The van der Waals surface area contributed by atoms with Crippen molar-refractivity contribution < 1.29 is 14.2 Å². The van der Waals surface area contributed by atoms with Gasteiger partial charge in [0.25, 0.3) is 6.02 Å². The van der Waals surface area contributed by atoms with Crippen LogP contribution in [0.5, 0.6) is 17.2 Å². The minimum atomic E-state index is -0.785. The Morgan fingerprint density at radius 3 is 2.44 bits per heavy atom. The molecular weight excluding hydrogens is 344 g/mol. The van der Waals surface area contributed by atoms with E-state index < -0.39 is 5.54 Å². The van der Waals surface area contributed by atoms with Crippen molar-refractivity contribution in [1.29, 1.82) is 0 Å². The highest BCUT2D eigenvalue weighted by Crippen LogP contribution is 2.52. The average molecular weight is 360 g/mol. The van der Waals surface area contributed by atoms with E-state index in [1.54, 1.807) is 19.5 Å². The topological polar surface area (TPSA) is 91.9 Å². The third-order valence-electron chi connectivity index (χ3n) is 4.90. The van der Waals surface area contributed by atoms with Crippen molar-refractivity contribution in [2.45, 2.75) is 5.54 Å². The molecule has 0 saturated carbocycles. The number of hydrogen-bond donors (Lipinski definition) is 1. The summed E-state index contributed by atoms with van der Waals surface area (Å²) in [6.07, 6.45) is 5.04. The van der Waals surface area contributed by atoms with E-state index in [0.29, 0.717) is 18.1 Å². The number of hydrogen-bond acceptors (Lipinski definition) is 7. The van der Waals surface area contributed by atoms with E-state index in [0.717, 1.165) is 28.0 Å². The molecule has 27 heavy (non-hydrogen) atoms. The van der Waals surface area contributed by atoms with Gasteiger partial charge in [0.2, 0.25) is 0 Å². The lowest BCUT2D eigenvalue weighted by atomic mass is 9.80. The number of aromatic nitrogens is 2. The molecule has 0 bridgehead atoms. The van der Waals surface area contributed by atoms with Crippen molar-refractivity contribution in [2.24, 2.45) is 10.7 Å². The second kappa shape index (κ2) is 5.70. The molecule has 1 aromatic heterocycles. The fourth-order valence-corrected chi connectivity index (χ4v) is 3.59. The van der Waals surface area contributed by atoms with Crippen molar-refractivity contribution in [3.63, 3.8) is 0 Å². The summed E-state index contributed by atoms with van der Waals surface area (Å²) >= 11 is 0. The van der Waals surface area contributed by atoms with Crippen molar-refractivity contribution in [3.8, 4) is 28.4 Å². The molecule has 2 aromatic carbocycles. The van der Waals surface area contributed by atoms with E-state index in [1.807, 2.05) is 36.4 Å². The largest absolute Gasteiger partial charge is 0.497 e. The molecule has 7 heteroatoms. The molecule has 0 fully saturated rings. The Balaban J connectivity index is 1.74. The highest BCUT2D eigenvalue weighted by molar-refractivity contribution is 5.78. The van der Waals surface area contributed by atoms with Crippen LogP contribution in [0.1, 0.15) is 11.1 Å². The molecule has 7 nitrogen and oxygen atoms in total. The summed E-state index contributed by atoms with van der Waals surface area (Å²) < 4.78 is 17.1. The number of methoxy groups -OCH3 is 1. The minimum Gasteiger partial charge on any atom is -0.497 e. The van der Waals surface area contributed by atoms with Gasteiger partial charge >= 0.3 is 0 Å². The van der Waals surface area contributed by atoms with Crippen molar-refractivity contribution in [2.75, 3.05) is 13.7 Å². The molecule has 134 valence electrons. The Labute approximate surface area is 155 Å². The van der Waals surface area contributed by atoms with Gasteiger partial charge in [-0.3, -0.25) is 0 Å². The molecular formula is C20H16N4O3. The first kappa shape index (κ1) is 15.6. The summed E-state index contributed by atoms with van der Waals surface area (Å²) in [5, 5.41) is 0. The van der Waals surface area contributed by atoms with Crippen molar-refractivity contribution in [1.82, 2.24) is 9.97 Å². The lowest BCUT2D eigenvalue weighted by Gasteiger charge is -2.33. The molecule has 0 amide bonds. The molecule has 2 aliphatic rings. The summed E-state index contributed by atoms with van der Waals surface area (Å²) in [5.41, 5.74) is 8.73. The fourth-order valence-electron chi connectivity index (χ4n) is 3.59. The smallest absolute Gasteiger partial charge is 0.283 e. The monoisotopic (exact) mass is 360 g/mol. The Morgan fingerprint density at radius 1 is 1.00 bits per heavy atom. The highest BCUT2D eigenvalue weighted by Gasteiger charge is 2.47. The number of aliphatic imine (C=N–C) groups is 1. The van der Waals surface area contributed by atoms with Crippen LogP contribution in [0.25, 0.3) is 11.1 Å². The zero-order valence-electron chi connectivity index (χ0n) is 14.5. The Kier molecular flexibility index (Phi) is 3.30. The summed E-state index contributed by atoms with van der Waals surface area (Å²) in [6.45, 7) is 0.296. The SMILES string of the molecule is COc1ccc2c(c1)[C@]1(COC(N)=N1)c1cc(-c3cncnc3)ccc1O2. The number of ether oxygens (including phenoxy) is 3. The van der Waals surface area contributed by atoms with E-state index in [4.69, 9.17) is 19.9 Å². The lowest BCUT2D eigenvalue weighted by Crippen LogP contribution is -2.31. The summed E-state index contributed by atoms with van der Waals surface area (Å²) in [6, 6.07) is 11.7. The zero-order valence-corrected chi connectivity index (χ0v) is 14.5. The number of nitrogens with two attached hydrogens (primary N) is 1. The van der Waals surface area contributed by atoms with Gasteiger partial charge in [-0.15, -0.1) is 0 Å². The first-order chi connectivity index (χ1) is 13.2. The summed E-state index contributed by atoms with van der Waals surface area (Å²) in [5.74, 6) is 2.14. The van der Waals surface area contributed by atoms with Crippen LogP contribution in [-0.2, 0) is 10.3 Å². The van der Waals surface area contributed by atoms with Gasteiger partial charge in [-0.1, -0.05) is 6.07 Å². The van der Waals surface area contributed by atoms with Gasteiger partial charge in [-0.2, -0.15) is 0 Å². The quantitative estimate of drug-likeness (QED) is 0.755. The van der Waals surface area contributed by atoms with E-state index in [-0.39, 0.29) is 6.02 Å². The average Bonchev–Trinajstić information content (AvgIpc) is 3.11. The van der Waals surface area contributed by atoms with Crippen LogP contribution < -0.4 is 15.2 Å². The number of rotatable bonds is 2. The van der Waals surface area contributed by atoms with E-state index in [2.05, 4.69) is 15.0 Å². The molecule has 0 saturated heterocycles. The van der Waals surface area contributed by atoms with Crippen LogP contribution in [0.15, 0.2) is 60.1 Å². The second-order valence-corrected chi connectivity index (χ2v) is 6.40. The standard InChI is InChI=1S/C20H16N4O3/c1-25-14-3-5-18-16(7-14)20(10-26-19(21)24-20)15-6-12(2-4-17(15)27-18)13-8-22-11-23-9-13/h2-9,11H,10H2,1H3,(H2,21,24)/t20-/m0/s1. The molecule has 1 spiro atoms. The number of benzene rings is 2. The second-order valence-electron chi connectivity index (χ2n) is 6.40. The van der Waals surface area contributed by atoms with Crippen LogP contribution in [-0.4, -0.2) is 29.7 Å². The Hall–Kier alpha value is -3.61. The third-order valence-corrected chi connectivity index (χ3v) is 4.90. The maximum atomic E-state index is 6.14. The maximum Gasteiger partial charge on any atom is 0.283 e. The molecule has 0 radical (unpaired) electrons. The molecule has 3 aromatic rings. The van der Waals surface area contributed by atoms with Crippen LogP contribution in [0.4, 0.5) is 0 Å². The van der Waals surface area contributed by atoms with Crippen LogP contribution in [0.2, 0.25) is 0 Å². The predicted molar refractivity (Wildman–Crippen MR) is 98.9 cm³/mol. The van der Waals surface area contributed by atoms with Crippen LogP contribution in [0, 0.1) is 0 Å². The first-order valence-electron chi connectivity index (χ1n) is 8.44. The van der Waals surface area contributed by atoms with Crippen molar-refractivity contribution >= 4 is 6.02 Å². The van der Waals surface area contributed by atoms with Gasteiger partial charge in [-0.05, 0) is 35.9 Å².